The van der Waals surface area contributed by atoms with Gasteiger partial charge >= 0.3 is 6.18 Å². The van der Waals surface area contributed by atoms with Crippen molar-refractivity contribution in [2.45, 2.75) is 50.7 Å². The number of hydrogen-bond donors (Lipinski definition) is 1. The van der Waals surface area contributed by atoms with E-state index in [2.05, 4.69) is 31.0 Å². The number of piperidine rings is 1. The second-order valence-corrected chi connectivity index (χ2v) is 9.66. The molecule has 1 saturated heterocycles. The molecule has 1 fully saturated rings. The minimum atomic E-state index is -4.61. The highest BCUT2D eigenvalue weighted by atomic mass is 32.2. The maximum absolute atomic E-state index is 12.9. The molecule has 0 spiro atoms. The fourth-order valence-electron chi connectivity index (χ4n) is 3.59. The quantitative estimate of drug-likeness (QED) is 0.663. The van der Waals surface area contributed by atoms with Gasteiger partial charge in [0.2, 0.25) is 15.9 Å². The van der Waals surface area contributed by atoms with Crippen LogP contribution in [0.2, 0.25) is 0 Å². The summed E-state index contributed by atoms with van der Waals surface area (Å²) >= 11 is 0. The van der Waals surface area contributed by atoms with Gasteiger partial charge in [0.25, 0.3) is 0 Å². The van der Waals surface area contributed by atoms with Crippen molar-refractivity contribution >= 4 is 15.9 Å². The summed E-state index contributed by atoms with van der Waals surface area (Å²) < 4.78 is 65.3. The molecule has 1 N–H and O–H groups in total. The van der Waals surface area contributed by atoms with E-state index >= 15 is 0 Å². The standard InChI is InChI=1S/C20H30F3N3O3S/c1-4-25(15(2)3)13-10-24-19(27)16-8-11-26(12-9-16)30(28,29)18-7-5-6-17(14-18)20(21,22)23/h5-7,14-16H,4,8-13H2,1-3H3,(H,24,27). The second kappa shape index (κ2) is 10.1. The van der Waals surface area contributed by atoms with Gasteiger partial charge in [0, 0.05) is 38.1 Å². The van der Waals surface area contributed by atoms with Gasteiger partial charge < -0.3 is 5.32 Å². The average Bonchev–Trinajstić information content (AvgIpc) is 2.70. The maximum atomic E-state index is 12.9. The topological polar surface area (TPSA) is 69.7 Å². The van der Waals surface area contributed by atoms with Crippen LogP contribution in [0.1, 0.15) is 39.2 Å². The number of rotatable bonds is 8. The summed E-state index contributed by atoms with van der Waals surface area (Å²) in [6, 6.07) is 4.14. The molecule has 1 amide bonds. The highest BCUT2D eigenvalue weighted by molar-refractivity contribution is 7.89. The number of likely N-dealkylation sites (N-methyl/N-ethyl adjacent to an activating group) is 1. The third-order valence-electron chi connectivity index (χ3n) is 5.46. The third-order valence-corrected chi connectivity index (χ3v) is 7.35. The molecule has 170 valence electrons. The summed E-state index contributed by atoms with van der Waals surface area (Å²) in [6.07, 6.45) is -3.93. The number of carbonyl (C=O) groups excluding carboxylic acids is 1. The van der Waals surface area contributed by atoms with Crippen LogP contribution in [0, 0.1) is 5.92 Å². The number of hydrogen-bond acceptors (Lipinski definition) is 4. The number of nitrogens with zero attached hydrogens (tertiary/aromatic N) is 2. The van der Waals surface area contributed by atoms with Gasteiger partial charge in [0.1, 0.15) is 0 Å². The molecule has 0 atom stereocenters. The Hall–Kier alpha value is -1.65. The Kier molecular flexibility index (Phi) is 8.29. The summed E-state index contributed by atoms with van der Waals surface area (Å²) in [5.74, 6) is -0.405. The lowest BCUT2D eigenvalue weighted by atomic mass is 9.97. The molecule has 0 radical (unpaired) electrons. The van der Waals surface area contributed by atoms with Crippen molar-refractivity contribution in [3.05, 3.63) is 29.8 Å². The van der Waals surface area contributed by atoms with Crippen LogP contribution in [0.5, 0.6) is 0 Å². The van der Waals surface area contributed by atoms with Crippen molar-refractivity contribution in [1.29, 1.82) is 0 Å². The molecular formula is C20H30F3N3O3S. The van der Waals surface area contributed by atoms with E-state index in [1.165, 1.54) is 0 Å². The smallest absolute Gasteiger partial charge is 0.355 e. The van der Waals surface area contributed by atoms with Crippen molar-refractivity contribution in [3.63, 3.8) is 0 Å². The lowest BCUT2D eigenvalue weighted by Crippen LogP contribution is -2.44. The van der Waals surface area contributed by atoms with Gasteiger partial charge in [-0.2, -0.15) is 17.5 Å². The SMILES string of the molecule is CCN(CCNC(=O)C1CCN(S(=O)(=O)c2cccc(C(F)(F)F)c2)CC1)C(C)C. The zero-order valence-electron chi connectivity index (χ0n) is 17.6. The molecule has 1 heterocycles. The maximum Gasteiger partial charge on any atom is 0.416 e. The van der Waals surface area contributed by atoms with Gasteiger partial charge in [-0.15, -0.1) is 0 Å². The first-order chi connectivity index (χ1) is 14.0. The zero-order chi connectivity index (χ0) is 22.5. The van der Waals surface area contributed by atoms with E-state index in [-0.39, 0.29) is 29.8 Å². The van der Waals surface area contributed by atoms with Gasteiger partial charge in [0.15, 0.2) is 0 Å². The van der Waals surface area contributed by atoms with E-state index in [1.807, 2.05) is 0 Å². The molecule has 6 nitrogen and oxygen atoms in total. The first kappa shape index (κ1) is 24.6. The van der Waals surface area contributed by atoms with Crippen molar-refractivity contribution < 1.29 is 26.4 Å². The molecule has 1 aliphatic heterocycles. The zero-order valence-corrected chi connectivity index (χ0v) is 18.4. The molecule has 0 bridgehead atoms. The normalized spacial score (nSPS) is 16.9. The largest absolute Gasteiger partial charge is 0.416 e. The lowest BCUT2D eigenvalue weighted by molar-refractivity contribution is -0.137. The number of sulfonamides is 1. The first-order valence-electron chi connectivity index (χ1n) is 10.2. The molecule has 0 aliphatic carbocycles. The Morgan fingerprint density at radius 2 is 1.90 bits per heavy atom. The Bertz CT molecular complexity index is 820. The number of nitrogens with one attached hydrogen (secondary N) is 1. The van der Waals surface area contributed by atoms with E-state index in [0.717, 1.165) is 35.6 Å². The monoisotopic (exact) mass is 449 g/mol. The molecule has 1 aliphatic rings. The highest BCUT2D eigenvalue weighted by Gasteiger charge is 2.35. The summed E-state index contributed by atoms with van der Waals surface area (Å²) in [5.41, 5.74) is -1.000. The number of carbonyl (C=O) groups is 1. The molecule has 0 saturated carbocycles. The third kappa shape index (κ3) is 6.18. The molecule has 1 aromatic rings. The van der Waals surface area contributed by atoms with Crippen LogP contribution in [-0.4, -0.2) is 62.3 Å². The van der Waals surface area contributed by atoms with Crippen LogP contribution >= 0.6 is 0 Å². The van der Waals surface area contributed by atoms with E-state index in [9.17, 15) is 26.4 Å². The fourth-order valence-corrected chi connectivity index (χ4v) is 5.10. The van der Waals surface area contributed by atoms with Gasteiger partial charge in [0.05, 0.1) is 10.5 Å². The summed E-state index contributed by atoms with van der Waals surface area (Å²) in [5, 5.41) is 2.91. The van der Waals surface area contributed by atoms with Gasteiger partial charge in [-0.1, -0.05) is 13.0 Å². The van der Waals surface area contributed by atoms with Gasteiger partial charge in [-0.25, -0.2) is 8.42 Å². The van der Waals surface area contributed by atoms with Crippen LogP contribution in [-0.2, 0) is 21.0 Å². The predicted molar refractivity (Wildman–Crippen MR) is 108 cm³/mol. The Labute approximate surface area is 176 Å². The van der Waals surface area contributed by atoms with Crippen LogP contribution in [0.25, 0.3) is 0 Å². The molecule has 30 heavy (non-hydrogen) atoms. The number of alkyl halides is 3. The van der Waals surface area contributed by atoms with Crippen molar-refractivity contribution in [3.8, 4) is 0 Å². The van der Waals surface area contributed by atoms with E-state index in [0.29, 0.717) is 31.5 Å². The minimum Gasteiger partial charge on any atom is -0.355 e. The molecule has 0 aromatic heterocycles. The predicted octanol–water partition coefficient (Wildman–Crippen LogP) is 2.95. The van der Waals surface area contributed by atoms with Crippen LogP contribution in [0.4, 0.5) is 13.2 Å². The van der Waals surface area contributed by atoms with Gasteiger partial charge in [-0.05, 0) is 51.4 Å². The van der Waals surface area contributed by atoms with E-state index in [4.69, 9.17) is 0 Å². The molecular weight excluding hydrogens is 419 g/mol. The Balaban J connectivity index is 1.92. The number of amides is 1. The summed E-state index contributed by atoms with van der Waals surface area (Å²) in [6.45, 7) is 8.59. The number of halogens is 3. The van der Waals surface area contributed by atoms with Crippen LogP contribution < -0.4 is 5.32 Å². The fraction of sp³-hybridized carbons (Fsp3) is 0.650. The first-order valence-corrected chi connectivity index (χ1v) is 11.6. The van der Waals surface area contributed by atoms with E-state index in [1.54, 1.807) is 0 Å². The van der Waals surface area contributed by atoms with E-state index < -0.39 is 21.8 Å². The minimum absolute atomic E-state index is 0.101. The van der Waals surface area contributed by atoms with Gasteiger partial charge in [-0.3, -0.25) is 9.69 Å². The van der Waals surface area contributed by atoms with Crippen LogP contribution in [0.15, 0.2) is 29.2 Å². The Morgan fingerprint density at radius 3 is 2.43 bits per heavy atom. The molecule has 10 heteroatoms. The average molecular weight is 450 g/mol. The van der Waals surface area contributed by atoms with Crippen molar-refractivity contribution in [2.75, 3.05) is 32.7 Å². The lowest BCUT2D eigenvalue weighted by Gasteiger charge is -2.31. The number of benzene rings is 1. The molecule has 2 rings (SSSR count). The second-order valence-electron chi connectivity index (χ2n) is 7.72. The van der Waals surface area contributed by atoms with Crippen molar-refractivity contribution in [2.24, 2.45) is 5.92 Å². The Morgan fingerprint density at radius 1 is 1.27 bits per heavy atom. The molecule has 0 unspecified atom stereocenters. The summed E-state index contributed by atoms with van der Waals surface area (Å²) in [7, 11) is -4.04. The highest BCUT2D eigenvalue weighted by Crippen LogP contribution is 2.32. The summed E-state index contributed by atoms with van der Waals surface area (Å²) in [4.78, 5) is 14.2. The molecule has 1 aromatic carbocycles. The van der Waals surface area contributed by atoms with Crippen LogP contribution in [0.3, 0.4) is 0 Å². The van der Waals surface area contributed by atoms with Crippen molar-refractivity contribution in [1.82, 2.24) is 14.5 Å².